The van der Waals surface area contributed by atoms with Crippen molar-refractivity contribution in [2.24, 2.45) is 0 Å². The SMILES string of the molecule is Cc1ccc(OC2(C)CCCNC2)c([N+](=O)[O-])c1. The molecule has 0 amide bonds. The number of nitrogens with one attached hydrogen (secondary N) is 1. The van der Waals surface area contributed by atoms with E-state index in [2.05, 4.69) is 5.32 Å². The molecule has 1 aromatic rings. The van der Waals surface area contributed by atoms with Crippen LogP contribution < -0.4 is 10.1 Å². The number of hydrogen-bond acceptors (Lipinski definition) is 4. The van der Waals surface area contributed by atoms with E-state index in [9.17, 15) is 10.1 Å². The van der Waals surface area contributed by atoms with Gasteiger partial charge < -0.3 is 10.1 Å². The van der Waals surface area contributed by atoms with Gasteiger partial charge in [0.25, 0.3) is 0 Å². The summed E-state index contributed by atoms with van der Waals surface area (Å²) < 4.78 is 5.89. The molecule has 0 spiro atoms. The highest BCUT2D eigenvalue weighted by molar-refractivity contribution is 5.48. The number of ether oxygens (including phenoxy) is 1. The fraction of sp³-hybridized carbons (Fsp3) is 0.538. The molecule has 1 aliphatic heterocycles. The zero-order valence-electron chi connectivity index (χ0n) is 10.7. The number of nitro benzene ring substituents is 1. The van der Waals surface area contributed by atoms with Gasteiger partial charge >= 0.3 is 5.69 Å². The molecule has 1 atom stereocenters. The summed E-state index contributed by atoms with van der Waals surface area (Å²) in [5, 5.41) is 14.3. The van der Waals surface area contributed by atoms with Crippen LogP contribution in [-0.4, -0.2) is 23.6 Å². The van der Waals surface area contributed by atoms with Gasteiger partial charge in [0.15, 0.2) is 5.75 Å². The molecule has 98 valence electrons. The fourth-order valence-electron chi connectivity index (χ4n) is 2.24. The van der Waals surface area contributed by atoms with Gasteiger partial charge in [-0.25, -0.2) is 0 Å². The summed E-state index contributed by atoms with van der Waals surface area (Å²) in [4.78, 5) is 10.6. The van der Waals surface area contributed by atoms with Crippen LogP contribution in [0.1, 0.15) is 25.3 Å². The molecule has 0 aliphatic carbocycles. The lowest BCUT2D eigenvalue weighted by Crippen LogP contribution is -2.47. The predicted molar refractivity (Wildman–Crippen MR) is 69.0 cm³/mol. The third-order valence-corrected chi connectivity index (χ3v) is 3.23. The Kier molecular flexibility index (Phi) is 3.52. The van der Waals surface area contributed by atoms with Crippen molar-refractivity contribution in [3.05, 3.63) is 33.9 Å². The second-order valence-electron chi connectivity index (χ2n) is 5.06. The van der Waals surface area contributed by atoms with Crippen molar-refractivity contribution in [3.63, 3.8) is 0 Å². The lowest BCUT2D eigenvalue weighted by atomic mass is 9.96. The number of nitrogens with zero attached hydrogens (tertiary/aromatic N) is 1. The topological polar surface area (TPSA) is 64.4 Å². The third-order valence-electron chi connectivity index (χ3n) is 3.23. The van der Waals surface area contributed by atoms with E-state index in [-0.39, 0.29) is 16.2 Å². The summed E-state index contributed by atoms with van der Waals surface area (Å²) >= 11 is 0. The van der Waals surface area contributed by atoms with E-state index in [0.717, 1.165) is 31.5 Å². The highest BCUT2D eigenvalue weighted by Crippen LogP contribution is 2.32. The summed E-state index contributed by atoms with van der Waals surface area (Å²) in [7, 11) is 0. The molecule has 18 heavy (non-hydrogen) atoms. The van der Waals surface area contributed by atoms with E-state index in [0.29, 0.717) is 5.75 Å². The maximum Gasteiger partial charge on any atom is 0.311 e. The van der Waals surface area contributed by atoms with Crippen molar-refractivity contribution in [1.29, 1.82) is 0 Å². The summed E-state index contributed by atoms with van der Waals surface area (Å²) in [5.41, 5.74) is 0.543. The average molecular weight is 250 g/mol. The van der Waals surface area contributed by atoms with Crippen LogP contribution in [0.4, 0.5) is 5.69 Å². The second-order valence-corrected chi connectivity index (χ2v) is 5.06. The summed E-state index contributed by atoms with van der Waals surface area (Å²) in [6, 6.07) is 5.07. The average Bonchev–Trinajstić information content (AvgIpc) is 2.32. The van der Waals surface area contributed by atoms with E-state index in [4.69, 9.17) is 4.74 Å². The minimum Gasteiger partial charge on any atom is -0.479 e. The lowest BCUT2D eigenvalue weighted by molar-refractivity contribution is -0.386. The lowest BCUT2D eigenvalue weighted by Gasteiger charge is -2.34. The van der Waals surface area contributed by atoms with Gasteiger partial charge in [-0.3, -0.25) is 10.1 Å². The van der Waals surface area contributed by atoms with Crippen molar-refractivity contribution in [1.82, 2.24) is 5.32 Å². The molecular weight excluding hydrogens is 232 g/mol. The predicted octanol–water partition coefficient (Wildman–Crippen LogP) is 2.42. The minimum absolute atomic E-state index is 0.0433. The van der Waals surface area contributed by atoms with Crippen LogP contribution in [0.5, 0.6) is 5.75 Å². The van der Waals surface area contributed by atoms with Gasteiger partial charge in [-0.1, -0.05) is 6.07 Å². The highest BCUT2D eigenvalue weighted by atomic mass is 16.6. The maximum absolute atomic E-state index is 11.0. The second kappa shape index (κ2) is 4.94. The van der Waals surface area contributed by atoms with Crippen molar-refractivity contribution >= 4 is 5.69 Å². The van der Waals surface area contributed by atoms with Gasteiger partial charge in [-0.05, 0) is 44.9 Å². The number of nitro groups is 1. The van der Waals surface area contributed by atoms with E-state index in [1.807, 2.05) is 19.9 Å². The minimum atomic E-state index is -0.387. The number of piperidine rings is 1. The Bertz CT molecular complexity index is 454. The van der Waals surface area contributed by atoms with Crippen molar-refractivity contribution in [3.8, 4) is 5.75 Å². The molecule has 1 aromatic carbocycles. The van der Waals surface area contributed by atoms with Gasteiger partial charge in [0.2, 0.25) is 0 Å². The molecule has 0 bridgehead atoms. The normalized spacial score (nSPS) is 23.7. The van der Waals surface area contributed by atoms with Gasteiger partial charge in [0, 0.05) is 12.6 Å². The van der Waals surface area contributed by atoms with Gasteiger partial charge in [0.1, 0.15) is 5.60 Å². The van der Waals surface area contributed by atoms with Crippen LogP contribution in [0.2, 0.25) is 0 Å². The third kappa shape index (κ3) is 2.79. The smallest absolute Gasteiger partial charge is 0.311 e. The van der Waals surface area contributed by atoms with Crippen molar-refractivity contribution < 1.29 is 9.66 Å². The Morgan fingerprint density at radius 1 is 1.50 bits per heavy atom. The maximum atomic E-state index is 11.0. The molecular formula is C13H18N2O3. The standard InChI is InChI=1S/C13H18N2O3/c1-10-4-5-12(11(8-10)15(16)17)18-13(2)6-3-7-14-9-13/h4-5,8,14H,3,6-7,9H2,1-2H3. The summed E-state index contributed by atoms with van der Waals surface area (Å²) in [6.45, 7) is 5.52. The Balaban J connectivity index is 2.25. The number of aryl methyl sites for hydroxylation is 1. The molecule has 1 heterocycles. The van der Waals surface area contributed by atoms with E-state index >= 15 is 0 Å². The molecule has 0 aromatic heterocycles. The van der Waals surface area contributed by atoms with Crippen LogP contribution in [-0.2, 0) is 0 Å². The van der Waals surface area contributed by atoms with Crippen LogP contribution in [0.3, 0.4) is 0 Å². The molecule has 2 rings (SSSR count). The monoisotopic (exact) mass is 250 g/mol. The first kappa shape index (κ1) is 12.8. The van der Waals surface area contributed by atoms with Crippen LogP contribution in [0, 0.1) is 17.0 Å². The number of rotatable bonds is 3. The van der Waals surface area contributed by atoms with Crippen LogP contribution in [0.15, 0.2) is 18.2 Å². The Morgan fingerprint density at radius 2 is 2.28 bits per heavy atom. The molecule has 5 nitrogen and oxygen atoms in total. The molecule has 1 aliphatic rings. The van der Waals surface area contributed by atoms with Crippen molar-refractivity contribution in [2.45, 2.75) is 32.3 Å². The molecule has 1 unspecified atom stereocenters. The zero-order chi connectivity index (χ0) is 13.2. The Hall–Kier alpha value is -1.62. The van der Waals surface area contributed by atoms with Crippen molar-refractivity contribution in [2.75, 3.05) is 13.1 Å². The van der Waals surface area contributed by atoms with Gasteiger partial charge in [-0.2, -0.15) is 0 Å². The first-order chi connectivity index (χ1) is 8.50. The number of benzene rings is 1. The largest absolute Gasteiger partial charge is 0.479 e. The molecule has 5 heteroatoms. The number of hydrogen-bond donors (Lipinski definition) is 1. The van der Waals surface area contributed by atoms with Gasteiger partial charge in [-0.15, -0.1) is 0 Å². The van der Waals surface area contributed by atoms with E-state index in [1.165, 1.54) is 0 Å². The van der Waals surface area contributed by atoms with Crippen LogP contribution in [0.25, 0.3) is 0 Å². The fourth-order valence-corrected chi connectivity index (χ4v) is 2.24. The first-order valence-electron chi connectivity index (χ1n) is 6.15. The molecule has 1 saturated heterocycles. The Labute approximate surface area is 106 Å². The van der Waals surface area contributed by atoms with E-state index < -0.39 is 0 Å². The van der Waals surface area contributed by atoms with Gasteiger partial charge in [0.05, 0.1) is 4.92 Å². The molecule has 0 radical (unpaired) electrons. The Morgan fingerprint density at radius 3 is 2.89 bits per heavy atom. The van der Waals surface area contributed by atoms with E-state index in [1.54, 1.807) is 12.1 Å². The first-order valence-corrected chi connectivity index (χ1v) is 6.15. The quantitative estimate of drug-likeness (QED) is 0.661. The summed E-state index contributed by atoms with van der Waals surface area (Å²) in [5.74, 6) is 0.358. The molecule has 1 N–H and O–H groups in total. The zero-order valence-corrected chi connectivity index (χ0v) is 10.7. The highest BCUT2D eigenvalue weighted by Gasteiger charge is 2.31. The molecule has 1 fully saturated rings. The summed E-state index contributed by atoms with van der Waals surface area (Å²) in [6.07, 6.45) is 1.93. The molecule has 0 saturated carbocycles. The van der Waals surface area contributed by atoms with Crippen LogP contribution >= 0.6 is 0 Å².